The Morgan fingerprint density at radius 1 is 1.09 bits per heavy atom. The molecule has 10 nitrogen and oxygen atoms in total. The van der Waals surface area contributed by atoms with E-state index < -0.39 is 51.9 Å². The van der Waals surface area contributed by atoms with Crippen molar-refractivity contribution in [1.82, 2.24) is 25.2 Å². The van der Waals surface area contributed by atoms with Crippen LogP contribution in [0.5, 0.6) is 6.01 Å². The van der Waals surface area contributed by atoms with E-state index in [4.69, 9.17) is 19.9 Å². The van der Waals surface area contributed by atoms with Crippen molar-refractivity contribution in [2.75, 3.05) is 63.7 Å². The third kappa shape index (κ3) is 5.18. The maximum absolute atomic E-state index is 16.6. The van der Waals surface area contributed by atoms with Crippen LogP contribution in [0.15, 0.2) is 12.1 Å². The smallest absolute Gasteiger partial charge is 0.418 e. The minimum Gasteiger partial charge on any atom is -0.461 e. The molecule has 1 aromatic carbocycles. The normalized spacial score (nSPS) is 28.2. The number of rotatable bonds is 6. The number of ether oxygens (including phenoxy) is 3. The summed E-state index contributed by atoms with van der Waals surface area (Å²) in [5, 5.41) is 3.26. The van der Waals surface area contributed by atoms with Crippen molar-refractivity contribution in [2.24, 2.45) is 0 Å². The van der Waals surface area contributed by atoms with Crippen LogP contribution >= 0.6 is 0 Å². The van der Waals surface area contributed by atoms with Gasteiger partial charge in [-0.3, -0.25) is 4.90 Å². The third-order valence-corrected chi connectivity index (χ3v) is 9.54. The van der Waals surface area contributed by atoms with Gasteiger partial charge in [0, 0.05) is 45.1 Å². The minimum atomic E-state index is -4.99. The molecule has 7 rings (SSSR count). The summed E-state index contributed by atoms with van der Waals surface area (Å²) in [6.45, 7) is 3.44. The van der Waals surface area contributed by atoms with Gasteiger partial charge < -0.3 is 30.2 Å². The van der Waals surface area contributed by atoms with Crippen molar-refractivity contribution in [1.29, 1.82) is 0 Å². The lowest BCUT2D eigenvalue weighted by Crippen LogP contribution is -2.64. The maximum Gasteiger partial charge on any atom is 0.418 e. The SMILES string of the molecule is COC1CN2CC(F)CC2(COc2nc(N3C4CNCC3COC4)c3cc(F)c(-c4nc(N)cc(C)c4C(F)(F)F)c(F)c3n2)C1. The summed E-state index contributed by atoms with van der Waals surface area (Å²) < 4.78 is 107. The molecule has 4 saturated heterocycles. The molecule has 3 aromatic rings. The summed E-state index contributed by atoms with van der Waals surface area (Å²) in [5.74, 6) is -2.83. The number of alkyl halides is 4. The van der Waals surface area contributed by atoms with E-state index in [0.29, 0.717) is 39.3 Å². The predicted octanol–water partition coefficient (Wildman–Crippen LogP) is 3.64. The van der Waals surface area contributed by atoms with Gasteiger partial charge in [0.2, 0.25) is 0 Å². The number of halogens is 6. The number of benzene rings is 1. The number of fused-ring (bicyclic) bond motifs is 4. The Morgan fingerprint density at radius 2 is 1.83 bits per heavy atom. The van der Waals surface area contributed by atoms with E-state index in [0.717, 1.165) is 19.1 Å². The number of morpholine rings is 1. The molecule has 6 heterocycles. The fraction of sp³-hybridized carbons (Fsp3) is 0.567. The third-order valence-electron chi connectivity index (χ3n) is 9.54. The number of hydrogen-bond acceptors (Lipinski definition) is 10. The van der Waals surface area contributed by atoms with Crippen molar-refractivity contribution < 1.29 is 40.6 Å². The number of anilines is 2. The Kier molecular flexibility index (Phi) is 7.68. The molecule has 2 aromatic heterocycles. The van der Waals surface area contributed by atoms with Crippen molar-refractivity contribution in [3.05, 3.63) is 34.9 Å². The average molecular weight is 654 g/mol. The van der Waals surface area contributed by atoms with Crippen molar-refractivity contribution in [3.8, 4) is 17.3 Å². The number of hydrogen-bond donors (Lipinski definition) is 2. The monoisotopic (exact) mass is 653 g/mol. The summed E-state index contributed by atoms with van der Waals surface area (Å²) in [5.41, 5.74) is 0.940. The highest BCUT2D eigenvalue weighted by Gasteiger charge is 2.53. The first-order chi connectivity index (χ1) is 21.9. The van der Waals surface area contributed by atoms with Crippen LogP contribution in [0.2, 0.25) is 0 Å². The van der Waals surface area contributed by atoms with Gasteiger partial charge in [0.1, 0.15) is 35.7 Å². The number of aryl methyl sites for hydroxylation is 1. The van der Waals surface area contributed by atoms with Gasteiger partial charge in [-0.1, -0.05) is 0 Å². The molecule has 0 amide bonds. The molecular formula is C30H33F6N7O3. The molecule has 4 aliphatic rings. The Labute approximate surface area is 260 Å². The molecule has 5 atom stereocenters. The molecule has 248 valence electrons. The van der Waals surface area contributed by atoms with Crippen LogP contribution in [0.25, 0.3) is 22.2 Å². The first-order valence-corrected chi connectivity index (χ1v) is 15.0. The Morgan fingerprint density at radius 3 is 2.52 bits per heavy atom. The van der Waals surface area contributed by atoms with E-state index in [-0.39, 0.29) is 66.4 Å². The quantitative estimate of drug-likeness (QED) is 0.383. The largest absolute Gasteiger partial charge is 0.461 e. The van der Waals surface area contributed by atoms with Crippen LogP contribution in [0.4, 0.5) is 38.0 Å². The molecule has 0 saturated carbocycles. The summed E-state index contributed by atoms with van der Waals surface area (Å²) in [6, 6.07) is 1.13. The molecular weight excluding hydrogens is 620 g/mol. The zero-order valence-electron chi connectivity index (χ0n) is 25.1. The van der Waals surface area contributed by atoms with Gasteiger partial charge in [-0.2, -0.15) is 23.1 Å². The predicted molar refractivity (Wildman–Crippen MR) is 155 cm³/mol. The number of nitrogens with one attached hydrogen (secondary N) is 1. The minimum absolute atomic E-state index is 0.0421. The molecule has 2 bridgehead atoms. The van der Waals surface area contributed by atoms with Crippen LogP contribution in [0, 0.1) is 18.6 Å². The van der Waals surface area contributed by atoms with Crippen molar-refractivity contribution >= 4 is 22.5 Å². The van der Waals surface area contributed by atoms with Gasteiger partial charge in [-0.15, -0.1) is 0 Å². The zero-order chi connectivity index (χ0) is 32.5. The highest BCUT2D eigenvalue weighted by Crippen LogP contribution is 2.44. The summed E-state index contributed by atoms with van der Waals surface area (Å²) >= 11 is 0. The molecule has 0 spiro atoms. The number of nitrogens with zero attached hydrogens (tertiary/aromatic N) is 5. The first-order valence-electron chi connectivity index (χ1n) is 15.0. The van der Waals surface area contributed by atoms with Crippen LogP contribution in [-0.4, -0.2) is 103 Å². The van der Waals surface area contributed by atoms with E-state index >= 15 is 8.78 Å². The number of piperazine rings is 1. The van der Waals surface area contributed by atoms with E-state index in [1.807, 2.05) is 9.80 Å². The lowest BCUT2D eigenvalue weighted by Gasteiger charge is -2.47. The second-order valence-electron chi connectivity index (χ2n) is 12.6. The zero-order valence-corrected chi connectivity index (χ0v) is 25.1. The average Bonchev–Trinajstić information content (AvgIpc) is 3.46. The van der Waals surface area contributed by atoms with E-state index in [1.54, 1.807) is 7.11 Å². The Bertz CT molecular complexity index is 1660. The highest BCUT2D eigenvalue weighted by molar-refractivity contribution is 5.94. The molecule has 4 aliphatic heterocycles. The van der Waals surface area contributed by atoms with Gasteiger partial charge in [-0.25, -0.2) is 18.2 Å². The molecule has 46 heavy (non-hydrogen) atoms. The van der Waals surface area contributed by atoms with Crippen LogP contribution in [-0.2, 0) is 15.7 Å². The number of pyridine rings is 1. The number of aromatic nitrogens is 3. The van der Waals surface area contributed by atoms with Crippen molar-refractivity contribution in [3.63, 3.8) is 0 Å². The standard InChI is InChI=1S/C30H33F6N7O3/c1-14-3-21(37)39-26(23(14)30(34,35)36)22-20(32)4-19-25(24(22)33)40-28(41-27(19)43-16-7-38-8-17(43)12-45-11-16)46-13-29-5-15(31)9-42(29)10-18(6-29)44-2/h3-4,15-18,38H,5-13H2,1-2H3,(H2,37,39). The number of nitrogens with two attached hydrogens (primary N) is 1. The van der Waals surface area contributed by atoms with E-state index in [1.165, 1.54) is 0 Å². The molecule has 5 unspecified atom stereocenters. The fourth-order valence-corrected chi connectivity index (χ4v) is 7.57. The van der Waals surface area contributed by atoms with Gasteiger partial charge >= 0.3 is 12.2 Å². The number of methoxy groups -OCH3 is 1. The first kappa shape index (κ1) is 31.1. The lowest BCUT2D eigenvalue weighted by molar-refractivity contribution is -0.137. The Balaban J connectivity index is 1.39. The van der Waals surface area contributed by atoms with Gasteiger partial charge in [0.25, 0.3) is 0 Å². The van der Waals surface area contributed by atoms with Crippen LogP contribution in [0.1, 0.15) is 24.0 Å². The van der Waals surface area contributed by atoms with E-state index in [2.05, 4.69) is 20.3 Å². The Hall–Kier alpha value is -3.47. The topological polar surface area (TPSA) is 111 Å². The molecule has 16 heteroatoms. The second-order valence-corrected chi connectivity index (χ2v) is 12.6. The van der Waals surface area contributed by atoms with E-state index in [9.17, 15) is 17.6 Å². The second kappa shape index (κ2) is 11.3. The maximum atomic E-state index is 16.6. The fourth-order valence-electron chi connectivity index (χ4n) is 7.57. The summed E-state index contributed by atoms with van der Waals surface area (Å²) in [6.07, 6.45) is -5.51. The van der Waals surface area contributed by atoms with Gasteiger partial charge in [0.15, 0.2) is 5.82 Å². The molecule has 3 N–H and O–H groups in total. The summed E-state index contributed by atoms with van der Waals surface area (Å²) in [7, 11) is 1.58. The van der Waals surface area contributed by atoms with Crippen molar-refractivity contribution in [2.45, 2.75) is 55.8 Å². The van der Waals surface area contributed by atoms with Gasteiger partial charge in [0.05, 0.1) is 53.8 Å². The van der Waals surface area contributed by atoms with Gasteiger partial charge in [-0.05, 0) is 31.0 Å². The molecule has 0 aliphatic carbocycles. The molecule has 0 radical (unpaired) electrons. The van der Waals surface area contributed by atoms with Crippen LogP contribution < -0.4 is 20.7 Å². The summed E-state index contributed by atoms with van der Waals surface area (Å²) in [4.78, 5) is 16.5. The highest BCUT2D eigenvalue weighted by atomic mass is 19.4. The van der Waals surface area contributed by atoms with Crippen LogP contribution in [0.3, 0.4) is 0 Å². The lowest BCUT2D eigenvalue weighted by atomic mass is 9.94. The molecule has 4 fully saturated rings. The number of nitrogen functional groups attached to an aromatic ring is 1.